The number of aliphatic hydroxyl groups excluding tert-OH is 1. The molecule has 4 nitrogen and oxygen atoms in total. The second kappa shape index (κ2) is 11.1. The van der Waals surface area contributed by atoms with Gasteiger partial charge in [-0.2, -0.15) is 0 Å². The van der Waals surface area contributed by atoms with Gasteiger partial charge in [0.05, 0.1) is 6.10 Å². The van der Waals surface area contributed by atoms with Gasteiger partial charge in [0.2, 0.25) is 0 Å². The number of nitrogens with one attached hydrogen (secondary N) is 2. The van der Waals surface area contributed by atoms with Crippen molar-refractivity contribution in [3.05, 3.63) is 34.9 Å². The van der Waals surface area contributed by atoms with Gasteiger partial charge in [-0.05, 0) is 30.5 Å². The fraction of sp³-hybridized carbons (Fsp3) is 0.533. The maximum absolute atomic E-state index is 10.1. The second-order valence-corrected chi connectivity index (χ2v) is 5.50. The van der Waals surface area contributed by atoms with Gasteiger partial charge in [-0.3, -0.25) is 4.99 Å². The van der Waals surface area contributed by atoms with E-state index in [0.717, 1.165) is 24.6 Å². The van der Waals surface area contributed by atoms with Gasteiger partial charge < -0.3 is 15.7 Å². The van der Waals surface area contributed by atoms with Crippen LogP contribution in [-0.4, -0.2) is 30.7 Å². The number of halogens is 2. The predicted octanol–water partition coefficient (Wildman–Crippen LogP) is 3.20. The van der Waals surface area contributed by atoms with Crippen molar-refractivity contribution in [3.63, 3.8) is 0 Å². The zero-order chi connectivity index (χ0) is 15.0. The molecule has 0 bridgehead atoms. The lowest BCUT2D eigenvalue weighted by Crippen LogP contribution is -2.39. The summed E-state index contributed by atoms with van der Waals surface area (Å²) in [6.45, 7) is 8.21. The summed E-state index contributed by atoms with van der Waals surface area (Å²) in [5, 5.41) is 17.1. The van der Waals surface area contributed by atoms with Crippen LogP contribution in [0.2, 0.25) is 5.02 Å². The number of benzene rings is 1. The Morgan fingerprint density at radius 3 is 2.38 bits per heavy atom. The fourth-order valence-electron chi connectivity index (χ4n) is 1.61. The van der Waals surface area contributed by atoms with Crippen molar-refractivity contribution in [2.75, 3.05) is 19.6 Å². The molecule has 0 saturated heterocycles. The molecule has 0 aromatic heterocycles. The van der Waals surface area contributed by atoms with Crippen LogP contribution in [0.1, 0.15) is 32.4 Å². The summed E-state index contributed by atoms with van der Waals surface area (Å²) in [4.78, 5) is 4.45. The standard InChI is InChI=1S/C15H24ClN3O.HI/c1-4-17-15(18-9-11(2)3)19-10-14(20)12-5-7-13(16)8-6-12;/h5-8,11,14,20H,4,9-10H2,1-3H3,(H2,17,18,19);1H. The smallest absolute Gasteiger partial charge is 0.191 e. The largest absolute Gasteiger partial charge is 0.387 e. The normalized spacial score (nSPS) is 12.8. The number of guanidine groups is 1. The van der Waals surface area contributed by atoms with E-state index in [2.05, 4.69) is 29.5 Å². The minimum Gasteiger partial charge on any atom is -0.387 e. The molecule has 0 radical (unpaired) electrons. The topological polar surface area (TPSA) is 56.7 Å². The van der Waals surface area contributed by atoms with E-state index < -0.39 is 6.10 Å². The Labute approximate surface area is 149 Å². The molecule has 21 heavy (non-hydrogen) atoms. The van der Waals surface area contributed by atoms with E-state index >= 15 is 0 Å². The average Bonchev–Trinajstić information content (AvgIpc) is 2.42. The van der Waals surface area contributed by atoms with Gasteiger partial charge in [0.25, 0.3) is 0 Å². The van der Waals surface area contributed by atoms with Crippen molar-refractivity contribution in [2.24, 2.45) is 10.9 Å². The molecule has 120 valence electrons. The van der Waals surface area contributed by atoms with Crippen LogP contribution in [0.25, 0.3) is 0 Å². The zero-order valence-corrected chi connectivity index (χ0v) is 15.9. The van der Waals surface area contributed by atoms with E-state index in [9.17, 15) is 5.11 Å². The van der Waals surface area contributed by atoms with Crippen molar-refractivity contribution in [3.8, 4) is 0 Å². The highest BCUT2D eigenvalue weighted by atomic mass is 127. The van der Waals surface area contributed by atoms with Crippen LogP contribution in [0.5, 0.6) is 0 Å². The van der Waals surface area contributed by atoms with E-state index in [1.807, 2.05) is 19.1 Å². The first-order valence-electron chi connectivity index (χ1n) is 6.98. The van der Waals surface area contributed by atoms with Crippen LogP contribution in [0, 0.1) is 5.92 Å². The van der Waals surface area contributed by atoms with Gasteiger partial charge in [0.15, 0.2) is 5.96 Å². The van der Waals surface area contributed by atoms with Crippen molar-refractivity contribution >= 4 is 41.5 Å². The molecule has 0 aliphatic carbocycles. The van der Waals surface area contributed by atoms with Crippen molar-refractivity contribution < 1.29 is 5.11 Å². The molecule has 0 saturated carbocycles. The minimum atomic E-state index is -0.588. The Morgan fingerprint density at radius 2 is 1.86 bits per heavy atom. The SMILES string of the molecule is CCNC(=NCC(C)C)NCC(O)c1ccc(Cl)cc1.I. The van der Waals surface area contributed by atoms with Crippen LogP contribution in [0.3, 0.4) is 0 Å². The summed E-state index contributed by atoms with van der Waals surface area (Å²) in [6, 6.07) is 7.20. The van der Waals surface area contributed by atoms with Crippen molar-refractivity contribution in [1.29, 1.82) is 0 Å². The average molecular weight is 426 g/mol. The first kappa shape index (κ1) is 20.5. The summed E-state index contributed by atoms with van der Waals surface area (Å²) < 4.78 is 0. The highest BCUT2D eigenvalue weighted by Crippen LogP contribution is 2.15. The predicted molar refractivity (Wildman–Crippen MR) is 101 cm³/mol. The first-order valence-corrected chi connectivity index (χ1v) is 7.36. The van der Waals surface area contributed by atoms with Crippen LogP contribution in [0.15, 0.2) is 29.3 Å². The maximum atomic E-state index is 10.1. The monoisotopic (exact) mass is 425 g/mol. The number of hydrogen-bond donors (Lipinski definition) is 3. The number of aliphatic imine (C=N–C) groups is 1. The Balaban J connectivity index is 0.00000400. The van der Waals surface area contributed by atoms with Gasteiger partial charge in [0, 0.05) is 24.7 Å². The third kappa shape index (κ3) is 8.48. The molecule has 0 heterocycles. The molecular weight excluding hydrogens is 401 g/mol. The summed E-state index contributed by atoms with van der Waals surface area (Å²) in [6.07, 6.45) is -0.588. The maximum Gasteiger partial charge on any atom is 0.191 e. The molecular formula is C15H25ClIN3O. The molecule has 0 aliphatic heterocycles. The van der Waals surface area contributed by atoms with Crippen LogP contribution in [-0.2, 0) is 0 Å². The molecule has 0 spiro atoms. The van der Waals surface area contributed by atoms with Gasteiger partial charge in [0.1, 0.15) is 0 Å². The van der Waals surface area contributed by atoms with Crippen LogP contribution in [0.4, 0.5) is 0 Å². The number of nitrogens with zero attached hydrogens (tertiary/aromatic N) is 1. The molecule has 0 aliphatic rings. The quantitative estimate of drug-likeness (QED) is 0.373. The Morgan fingerprint density at radius 1 is 1.24 bits per heavy atom. The van der Waals surface area contributed by atoms with Gasteiger partial charge in [-0.15, -0.1) is 24.0 Å². The fourth-order valence-corrected chi connectivity index (χ4v) is 1.74. The van der Waals surface area contributed by atoms with Gasteiger partial charge in [-0.25, -0.2) is 0 Å². The minimum absolute atomic E-state index is 0. The van der Waals surface area contributed by atoms with E-state index in [-0.39, 0.29) is 24.0 Å². The summed E-state index contributed by atoms with van der Waals surface area (Å²) >= 11 is 5.83. The van der Waals surface area contributed by atoms with Crippen LogP contribution < -0.4 is 10.6 Å². The van der Waals surface area contributed by atoms with Crippen LogP contribution >= 0.6 is 35.6 Å². The third-order valence-electron chi connectivity index (χ3n) is 2.68. The molecule has 1 atom stereocenters. The highest BCUT2D eigenvalue weighted by Gasteiger charge is 2.08. The Bertz CT molecular complexity index is 423. The molecule has 0 amide bonds. The van der Waals surface area contributed by atoms with E-state index in [1.54, 1.807) is 12.1 Å². The molecule has 1 aromatic rings. The number of aliphatic hydroxyl groups is 1. The van der Waals surface area contributed by atoms with Crippen molar-refractivity contribution in [2.45, 2.75) is 26.9 Å². The second-order valence-electron chi connectivity index (χ2n) is 5.06. The Hall–Kier alpha value is -0.530. The molecule has 1 aromatic carbocycles. The lowest BCUT2D eigenvalue weighted by atomic mass is 10.1. The molecule has 6 heteroatoms. The molecule has 1 unspecified atom stereocenters. The van der Waals surface area contributed by atoms with E-state index in [4.69, 9.17) is 11.6 Å². The summed E-state index contributed by atoms with van der Waals surface area (Å²) in [5.41, 5.74) is 0.835. The third-order valence-corrected chi connectivity index (χ3v) is 2.93. The number of hydrogen-bond acceptors (Lipinski definition) is 2. The van der Waals surface area contributed by atoms with Gasteiger partial charge in [-0.1, -0.05) is 37.6 Å². The Kier molecular flexibility index (Phi) is 10.8. The van der Waals surface area contributed by atoms with Gasteiger partial charge >= 0.3 is 0 Å². The summed E-state index contributed by atoms with van der Waals surface area (Å²) in [7, 11) is 0. The van der Waals surface area contributed by atoms with E-state index in [1.165, 1.54) is 0 Å². The molecule has 3 N–H and O–H groups in total. The highest BCUT2D eigenvalue weighted by molar-refractivity contribution is 14.0. The molecule has 1 rings (SSSR count). The summed E-state index contributed by atoms with van der Waals surface area (Å²) in [5.74, 6) is 1.24. The first-order chi connectivity index (χ1) is 9.52. The van der Waals surface area contributed by atoms with Crippen molar-refractivity contribution in [1.82, 2.24) is 10.6 Å². The molecule has 0 fully saturated rings. The van der Waals surface area contributed by atoms with E-state index in [0.29, 0.717) is 17.5 Å². The number of rotatable bonds is 6. The lowest BCUT2D eigenvalue weighted by molar-refractivity contribution is 0.181. The zero-order valence-electron chi connectivity index (χ0n) is 12.8. The lowest BCUT2D eigenvalue weighted by Gasteiger charge is -2.16.